The van der Waals surface area contributed by atoms with Crippen LogP contribution in [-0.4, -0.2) is 37.4 Å². The van der Waals surface area contributed by atoms with Gasteiger partial charge in [0.15, 0.2) is 11.5 Å². The molecule has 0 atom stereocenters. The maximum absolute atomic E-state index is 12.1. The van der Waals surface area contributed by atoms with E-state index in [1.54, 1.807) is 36.2 Å². The molecule has 3 rings (SSSR count). The second-order valence-electron chi connectivity index (χ2n) is 5.23. The zero-order valence-corrected chi connectivity index (χ0v) is 14.3. The number of carbonyl (C=O) groups is 2. The van der Waals surface area contributed by atoms with E-state index in [1.165, 1.54) is 0 Å². The second kappa shape index (κ2) is 8.48. The van der Waals surface area contributed by atoms with Gasteiger partial charge in [-0.2, -0.15) is 11.8 Å². The van der Waals surface area contributed by atoms with Gasteiger partial charge < -0.3 is 24.5 Å². The minimum atomic E-state index is -0.333. The Morgan fingerprint density at radius 2 is 2.00 bits per heavy atom. The summed E-state index contributed by atoms with van der Waals surface area (Å²) < 4.78 is 15.6. The van der Waals surface area contributed by atoms with Gasteiger partial charge in [0.05, 0.1) is 18.6 Å². The number of rotatable bonds is 8. The zero-order chi connectivity index (χ0) is 17.5. The summed E-state index contributed by atoms with van der Waals surface area (Å²) >= 11 is 1.66. The minimum absolute atomic E-state index is 0.0733. The molecule has 1 aliphatic heterocycles. The highest BCUT2D eigenvalue weighted by atomic mass is 32.2. The third-order valence-electron chi connectivity index (χ3n) is 3.44. The Morgan fingerprint density at radius 1 is 1.12 bits per heavy atom. The average molecular weight is 362 g/mol. The summed E-state index contributed by atoms with van der Waals surface area (Å²) in [6, 6.07) is 8.66. The van der Waals surface area contributed by atoms with E-state index >= 15 is 0 Å². The first-order chi connectivity index (χ1) is 12.2. The lowest BCUT2D eigenvalue weighted by Gasteiger charge is -2.07. The van der Waals surface area contributed by atoms with Crippen molar-refractivity contribution >= 4 is 23.6 Å². The van der Waals surface area contributed by atoms with Crippen LogP contribution in [0, 0.1) is 0 Å². The monoisotopic (exact) mass is 362 g/mol. The molecule has 0 saturated heterocycles. The van der Waals surface area contributed by atoms with Crippen molar-refractivity contribution in [3.05, 3.63) is 47.9 Å². The van der Waals surface area contributed by atoms with Gasteiger partial charge in [-0.1, -0.05) is 0 Å². The third kappa shape index (κ3) is 4.93. The van der Waals surface area contributed by atoms with Crippen LogP contribution in [0.5, 0.6) is 11.5 Å². The highest BCUT2D eigenvalue weighted by molar-refractivity contribution is 7.98. The van der Waals surface area contributed by atoms with Gasteiger partial charge in [0.1, 0.15) is 5.76 Å². The van der Waals surface area contributed by atoms with E-state index in [2.05, 4.69) is 10.6 Å². The summed E-state index contributed by atoms with van der Waals surface area (Å²) in [5.41, 5.74) is 0.422. The molecule has 132 valence electrons. The molecule has 7 nitrogen and oxygen atoms in total. The first-order valence-corrected chi connectivity index (χ1v) is 8.92. The lowest BCUT2D eigenvalue weighted by atomic mass is 10.2. The first kappa shape index (κ1) is 17.2. The molecular formula is C17H18N2O5S. The molecule has 2 N–H and O–H groups in total. The second-order valence-corrected chi connectivity index (χ2v) is 6.34. The molecule has 1 aliphatic rings. The molecule has 2 amide bonds. The number of nitrogens with one attached hydrogen (secondary N) is 2. The fourth-order valence-corrected chi connectivity index (χ4v) is 2.95. The third-order valence-corrected chi connectivity index (χ3v) is 4.42. The van der Waals surface area contributed by atoms with E-state index in [4.69, 9.17) is 13.9 Å². The molecule has 0 unspecified atom stereocenters. The number of fused-ring (bicyclic) bond motifs is 1. The minimum Gasteiger partial charge on any atom is -0.468 e. The van der Waals surface area contributed by atoms with Crippen molar-refractivity contribution < 1.29 is 23.5 Å². The maximum atomic E-state index is 12.1. The van der Waals surface area contributed by atoms with Crippen LogP contribution in [0.25, 0.3) is 0 Å². The molecule has 0 aliphatic carbocycles. The Hall–Kier alpha value is -2.61. The molecule has 0 fully saturated rings. The van der Waals surface area contributed by atoms with Gasteiger partial charge in [0, 0.05) is 17.9 Å². The largest absolute Gasteiger partial charge is 0.468 e. The van der Waals surface area contributed by atoms with E-state index in [0.717, 1.165) is 17.3 Å². The molecule has 8 heteroatoms. The lowest BCUT2D eigenvalue weighted by Crippen LogP contribution is -2.37. The van der Waals surface area contributed by atoms with Crippen LogP contribution in [-0.2, 0) is 10.5 Å². The van der Waals surface area contributed by atoms with E-state index in [1.807, 2.05) is 12.1 Å². The maximum Gasteiger partial charge on any atom is 0.251 e. The predicted octanol–water partition coefficient (Wildman–Crippen LogP) is 1.79. The van der Waals surface area contributed by atoms with Gasteiger partial charge in [-0.3, -0.25) is 9.59 Å². The highest BCUT2D eigenvalue weighted by Crippen LogP contribution is 2.32. The Bertz CT molecular complexity index is 733. The summed E-state index contributed by atoms with van der Waals surface area (Å²) in [6.07, 6.45) is 1.64. The number of furan rings is 1. The number of carbonyl (C=O) groups excluding carboxylic acids is 2. The molecule has 1 aromatic heterocycles. The quantitative estimate of drug-likeness (QED) is 0.696. The Morgan fingerprint density at radius 3 is 2.84 bits per heavy atom. The smallest absolute Gasteiger partial charge is 0.251 e. The van der Waals surface area contributed by atoms with Crippen LogP contribution >= 0.6 is 11.8 Å². The number of thioether (sulfide) groups is 1. The molecule has 0 spiro atoms. The van der Waals surface area contributed by atoms with Gasteiger partial charge in [-0.05, 0) is 30.3 Å². The van der Waals surface area contributed by atoms with E-state index in [9.17, 15) is 9.59 Å². The van der Waals surface area contributed by atoms with Crippen molar-refractivity contribution in [3.8, 4) is 11.5 Å². The Kier molecular flexibility index (Phi) is 5.84. The number of hydrogen-bond acceptors (Lipinski definition) is 6. The number of hydrogen-bond donors (Lipinski definition) is 2. The fraction of sp³-hybridized carbons (Fsp3) is 0.294. The summed E-state index contributed by atoms with van der Waals surface area (Å²) in [5.74, 6) is 3.03. The molecular weight excluding hydrogens is 344 g/mol. The van der Waals surface area contributed by atoms with Crippen LogP contribution in [0.15, 0.2) is 41.0 Å². The summed E-state index contributed by atoms with van der Waals surface area (Å²) in [7, 11) is 0. The normalized spacial score (nSPS) is 12.0. The van der Waals surface area contributed by atoms with Crippen molar-refractivity contribution in [1.29, 1.82) is 0 Å². The molecule has 0 bridgehead atoms. The SMILES string of the molecule is O=C(CNC(=O)c1ccc2c(c1)OCO2)NCCSCc1ccco1. The van der Waals surface area contributed by atoms with Crippen LogP contribution in [0.4, 0.5) is 0 Å². The van der Waals surface area contributed by atoms with Gasteiger partial charge in [-0.25, -0.2) is 0 Å². The van der Waals surface area contributed by atoms with Crippen molar-refractivity contribution in [3.63, 3.8) is 0 Å². The first-order valence-electron chi connectivity index (χ1n) is 7.77. The van der Waals surface area contributed by atoms with Crippen LogP contribution < -0.4 is 20.1 Å². The molecule has 1 aromatic carbocycles. The molecule has 25 heavy (non-hydrogen) atoms. The van der Waals surface area contributed by atoms with E-state index in [0.29, 0.717) is 23.6 Å². The molecule has 2 aromatic rings. The van der Waals surface area contributed by atoms with Crippen molar-refractivity contribution in [2.75, 3.05) is 25.6 Å². The summed E-state index contributed by atoms with van der Waals surface area (Å²) in [6.45, 7) is 0.612. The van der Waals surface area contributed by atoms with Gasteiger partial charge >= 0.3 is 0 Å². The Labute approximate surface area is 149 Å². The van der Waals surface area contributed by atoms with Gasteiger partial charge in [0.2, 0.25) is 12.7 Å². The molecule has 2 heterocycles. The van der Waals surface area contributed by atoms with Crippen LogP contribution in [0.3, 0.4) is 0 Å². The number of benzene rings is 1. The zero-order valence-electron chi connectivity index (χ0n) is 13.4. The van der Waals surface area contributed by atoms with E-state index < -0.39 is 0 Å². The highest BCUT2D eigenvalue weighted by Gasteiger charge is 2.16. The van der Waals surface area contributed by atoms with Crippen LogP contribution in [0.2, 0.25) is 0 Å². The summed E-state index contributed by atoms with van der Waals surface area (Å²) in [4.78, 5) is 23.8. The van der Waals surface area contributed by atoms with Gasteiger partial charge in [0.25, 0.3) is 5.91 Å². The topological polar surface area (TPSA) is 89.8 Å². The lowest BCUT2D eigenvalue weighted by molar-refractivity contribution is -0.120. The van der Waals surface area contributed by atoms with Crippen LogP contribution in [0.1, 0.15) is 16.1 Å². The molecule has 0 saturated carbocycles. The van der Waals surface area contributed by atoms with E-state index in [-0.39, 0.29) is 25.2 Å². The van der Waals surface area contributed by atoms with Crippen molar-refractivity contribution in [1.82, 2.24) is 10.6 Å². The van der Waals surface area contributed by atoms with Crippen molar-refractivity contribution in [2.45, 2.75) is 5.75 Å². The number of amides is 2. The summed E-state index contributed by atoms with van der Waals surface area (Å²) in [5, 5.41) is 5.35. The Balaban J connectivity index is 1.32. The van der Waals surface area contributed by atoms with Crippen molar-refractivity contribution in [2.24, 2.45) is 0 Å². The van der Waals surface area contributed by atoms with Gasteiger partial charge in [-0.15, -0.1) is 0 Å². The predicted molar refractivity (Wildman–Crippen MR) is 92.8 cm³/mol. The average Bonchev–Trinajstić information content (AvgIpc) is 3.30. The number of ether oxygens (including phenoxy) is 2. The molecule has 0 radical (unpaired) electrons. The standard InChI is InChI=1S/C17H18N2O5S/c20-16(18-5-7-25-10-13-2-1-6-22-13)9-19-17(21)12-3-4-14-15(8-12)24-11-23-14/h1-4,6,8H,5,7,9-11H2,(H,18,20)(H,19,21). The fourth-order valence-electron chi connectivity index (χ4n) is 2.19.